The average Bonchev–Trinajstić information content (AvgIpc) is 2.49. The first-order valence-electron chi connectivity index (χ1n) is 6.08. The van der Waals surface area contributed by atoms with Crippen molar-refractivity contribution < 1.29 is 9.18 Å². The van der Waals surface area contributed by atoms with Crippen LogP contribution in [0.25, 0.3) is 0 Å². The van der Waals surface area contributed by atoms with Gasteiger partial charge < -0.3 is 10.6 Å². The summed E-state index contributed by atoms with van der Waals surface area (Å²) in [6.07, 6.45) is 0. The fraction of sp³-hybridized carbons (Fsp3) is 0.0667. The van der Waals surface area contributed by atoms with Gasteiger partial charge in [-0.3, -0.25) is 4.79 Å². The number of benzene rings is 2. The summed E-state index contributed by atoms with van der Waals surface area (Å²) in [5.41, 5.74) is 1.37. The van der Waals surface area contributed by atoms with E-state index in [1.807, 2.05) is 6.07 Å². The molecule has 2 N–H and O–H groups in total. The Morgan fingerprint density at radius 3 is 2.76 bits per heavy atom. The van der Waals surface area contributed by atoms with Gasteiger partial charge in [0.15, 0.2) is 0 Å². The number of nitriles is 1. The molecule has 21 heavy (non-hydrogen) atoms. The Bertz CT molecular complexity index is 712. The second kappa shape index (κ2) is 6.73. The van der Waals surface area contributed by atoms with E-state index in [0.717, 1.165) is 0 Å². The van der Waals surface area contributed by atoms with Crippen LogP contribution in [-0.2, 0) is 4.79 Å². The summed E-state index contributed by atoms with van der Waals surface area (Å²) in [6, 6.07) is 12.8. The number of anilines is 2. The van der Waals surface area contributed by atoms with Crippen LogP contribution in [0, 0.1) is 17.1 Å². The first-order chi connectivity index (χ1) is 10.1. The molecule has 0 saturated heterocycles. The number of halogens is 2. The highest BCUT2D eigenvalue weighted by atomic mass is 35.5. The van der Waals surface area contributed by atoms with E-state index >= 15 is 0 Å². The fourth-order valence-corrected chi connectivity index (χ4v) is 1.85. The minimum atomic E-state index is -0.519. The second-order valence-electron chi connectivity index (χ2n) is 4.19. The fourth-order valence-electron chi connectivity index (χ4n) is 1.67. The van der Waals surface area contributed by atoms with Crippen LogP contribution in [0.15, 0.2) is 42.5 Å². The van der Waals surface area contributed by atoms with Crippen LogP contribution in [-0.4, -0.2) is 12.5 Å². The summed E-state index contributed by atoms with van der Waals surface area (Å²) in [4.78, 5) is 11.8. The molecular formula is C15H11ClFN3O. The van der Waals surface area contributed by atoms with E-state index in [-0.39, 0.29) is 17.5 Å². The number of hydrogen-bond acceptors (Lipinski definition) is 3. The molecule has 0 spiro atoms. The second-order valence-corrected chi connectivity index (χ2v) is 4.60. The number of hydrogen-bond donors (Lipinski definition) is 2. The smallest absolute Gasteiger partial charge is 0.243 e. The van der Waals surface area contributed by atoms with Crippen molar-refractivity contribution in [2.45, 2.75) is 0 Å². The van der Waals surface area contributed by atoms with E-state index in [4.69, 9.17) is 16.9 Å². The van der Waals surface area contributed by atoms with Crippen LogP contribution >= 0.6 is 11.6 Å². The standard InChI is InChI=1S/C15H11ClFN3O/c16-12-7-11(5-6-13(12)17)19-9-15(21)20-14-4-2-1-3-10(14)8-18/h1-7,19H,9H2,(H,20,21). The van der Waals surface area contributed by atoms with E-state index < -0.39 is 5.82 Å². The lowest BCUT2D eigenvalue weighted by Crippen LogP contribution is -2.22. The molecule has 0 heterocycles. The zero-order valence-corrected chi connectivity index (χ0v) is 11.6. The monoisotopic (exact) mass is 303 g/mol. The van der Waals surface area contributed by atoms with Crippen LogP contribution in [0.2, 0.25) is 5.02 Å². The predicted octanol–water partition coefficient (Wildman–Crippen LogP) is 3.40. The largest absolute Gasteiger partial charge is 0.376 e. The minimum Gasteiger partial charge on any atom is -0.376 e. The summed E-state index contributed by atoms with van der Waals surface area (Å²) in [6.45, 7) is -0.0261. The van der Waals surface area contributed by atoms with E-state index in [1.165, 1.54) is 18.2 Å². The molecule has 106 valence electrons. The van der Waals surface area contributed by atoms with E-state index in [2.05, 4.69) is 10.6 Å². The summed E-state index contributed by atoms with van der Waals surface area (Å²) in [5.74, 6) is -0.840. The molecule has 0 radical (unpaired) electrons. The molecule has 0 saturated carbocycles. The molecule has 6 heteroatoms. The number of para-hydroxylation sites is 1. The van der Waals surface area contributed by atoms with Gasteiger partial charge >= 0.3 is 0 Å². The highest BCUT2D eigenvalue weighted by Gasteiger charge is 2.07. The number of rotatable bonds is 4. The summed E-state index contributed by atoms with van der Waals surface area (Å²) >= 11 is 5.65. The van der Waals surface area contributed by atoms with Crippen molar-refractivity contribution in [2.24, 2.45) is 0 Å². The molecule has 0 fully saturated rings. The summed E-state index contributed by atoms with van der Waals surface area (Å²) < 4.78 is 13.0. The van der Waals surface area contributed by atoms with Gasteiger partial charge in [-0.25, -0.2) is 4.39 Å². The third-order valence-electron chi connectivity index (χ3n) is 2.69. The van der Waals surface area contributed by atoms with Gasteiger partial charge in [-0.15, -0.1) is 0 Å². The maximum absolute atomic E-state index is 13.0. The lowest BCUT2D eigenvalue weighted by molar-refractivity contribution is -0.114. The van der Waals surface area contributed by atoms with Crippen molar-refractivity contribution in [1.29, 1.82) is 5.26 Å². The molecule has 0 aromatic heterocycles. The lowest BCUT2D eigenvalue weighted by atomic mass is 10.2. The summed E-state index contributed by atoms with van der Waals surface area (Å²) in [5, 5.41) is 14.4. The molecule has 2 aromatic carbocycles. The van der Waals surface area contributed by atoms with Crippen LogP contribution in [0.3, 0.4) is 0 Å². The molecular weight excluding hydrogens is 293 g/mol. The van der Waals surface area contributed by atoms with Crippen LogP contribution in [0.5, 0.6) is 0 Å². The Hall–Kier alpha value is -2.58. The zero-order valence-electron chi connectivity index (χ0n) is 10.9. The first-order valence-corrected chi connectivity index (χ1v) is 6.46. The SMILES string of the molecule is N#Cc1ccccc1NC(=O)CNc1ccc(F)c(Cl)c1. The molecule has 1 amide bonds. The number of carbonyl (C=O) groups is 1. The predicted molar refractivity (Wildman–Crippen MR) is 79.7 cm³/mol. The van der Waals surface area contributed by atoms with Crippen molar-refractivity contribution in [2.75, 3.05) is 17.2 Å². The molecule has 0 bridgehead atoms. The Kier molecular flexibility index (Phi) is 4.75. The molecule has 0 aliphatic heterocycles. The maximum atomic E-state index is 13.0. The van der Waals surface area contributed by atoms with Crippen LogP contribution < -0.4 is 10.6 Å². The Morgan fingerprint density at radius 2 is 2.05 bits per heavy atom. The van der Waals surface area contributed by atoms with Gasteiger partial charge in [0, 0.05) is 5.69 Å². The first kappa shape index (κ1) is 14.8. The lowest BCUT2D eigenvalue weighted by Gasteiger charge is -2.09. The highest BCUT2D eigenvalue weighted by Crippen LogP contribution is 2.19. The van der Waals surface area contributed by atoms with Gasteiger partial charge in [0.1, 0.15) is 11.9 Å². The van der Waals surface area contributed by atoms with Crippen LogP contribution in [0.1, 0.15) is 5.56 Å². The number of nitrogens with zero attached hydrogens (tertiary/aromatic N) is 1. The van der Waals surface area contributed by atoms with Gasteiger partial charge in [0.2, 0.25) is 5.91 Å². The van der Waals surface area contributed by atoms with Gasteiger partial charge in [0.25, 0.3) is 0 Å². The van der Waals surface area contributed by atoms with Crippen molar-refractivity contribution in [1.82, 2.24) is 0 Å². The molecule has 0 unspecified atom stereocenters. The third-order valence-corrected chi connectivity index (χ3v) is 2.98. The number of nitrogens with one attached hydrogen (secondary N) is 2. The zero-order chi connectivity index (χ0) is 15.2. The topological polar surface area (TPSA) is 64.9 Å². The Morgan fingerprint density at radius 1 is 1.29 bits per heavy atom. The molecule has 0 atom stereocenters. The van der Waals surface area contributed by atoms with E-state index in [0.29, 0.717) is 16.9 Å². The van der Waals surface area contributed by atoms with Gasteiger partial charge in [-0.05, 0) is 30.3 Å². The van der Waals surface area contributed by atoms with E-state index in [1.54, 1.807) is 24.3 Å². The number of amides is 1. The molecule has 4 nitrogen and oxygen atoms in total. The third kappa shape index (κ3) is 3.94. The normalized spacial score (nSPS) is 9.76. The molecule has 2 aromatic rings. The maximum Gasteiger partial charge on any atom is 0.243 e. The Balaban J connectivity index is 1.96. The van der Waals surface area contributed by atoms with Crippen molar-refractivity contribution in [3.8, 4) is 6.07 Å². The minimum absolute atomic E-state index is 0.0183. The van der Waals surface area contributed by atoms with Crippen molar-refractivity contribution >= 4 is 28.9 Å². The van der Waals surface area contributed by atoms with Gasteiger partial charge in [-0.2, -0.15) is 5.26 Å². The molecule has 0 aliphatic rings. The molecule has 0 aliphatic carbocycles. The highest BCUT2D eigenvalue weighted by molar-refractivity contribution is 6.31. The Labute approximate surface area is 126 Å². The number of carbonyl (C=O) groups excluding carboxylic acids is 1. The van der Waals surface area contributed by atoms with Crippen molar-refractivity contribution in [3.05, 3.63) is 58.9 Å². The van der Waals surface area contributed by atoms with Gasteiger partial charge in [0.05, 0.1) is 22.8 Å². The molecule has 2 rings (SSSR count). The summed E-state index contributed by atoms with van der Waals surface area (Å²) in [7, 11) is 0. The van der Waals surface area contributed by atoms with Crippen molar-refractivity contribution in [3.63, 3.8) is 0 Å². The average molecular weight is 304 g/mol. The van der Waals surface area contributed by atoms with E-state index in [9.17, 15) is 9.18 Å². The van der Waals surface area contributed by atoms with Gasteiger partial charge in [-0.1, -0.05) is 23.7 Å². The quantitative estimate of drug-likeness (QED) is 0.910. The van der Waals surface area contributed by atoms with Crippen LogP contribution in [0.4, 0.5) is 15.8 Å².